The Hall–Kier alpha value is -2.63. The van der Waals surface area contributed by atoms with Crippen molar-refractivity contribution in [1.82, 2.24) is 15.1 Å². The summed E-state index contributed by atoms with van der Waals surface area (Å²) in [5.74, 6) is 0.396. The van der Waals surface area contributed by atoms with E-state index < -0.39 is 0 Å². The first-order chi connectivity index (χ1) is 10.5. The van der Waals surface area contributed by atoms with E-state index in [4.69, 9.17) is 0 Å². The summed E-state index contributed by atoms with van der Waals surface area (Å²) in [6.07, 6.45) is 2.31. The summed E-state index contributed by atoms with van der Waals surface area (Å²) in [6, 6.07) is 9.14. The summed E-state index contributed by atoms with van der Waals surface area (Å²) < 4.78 is 1.13. The molecule has 1 aromatic carbocycles. The number of aromatic amines is 1. The fourth-order valence-corrected chi connectivity index (χ4v) is 2.41. The molecule has 2 N–H and O–H groups in total. The van der Waals surface area contributed by atoms with Crippen LogP contribution in [0.2, 0.25) is 0 Å². The van der Waals surface area contributed by atoms with E-state index in [-0.39, 0.29) is 23.1 Å². The molecule has 1 aliphatic rings. The van der Waals surface area contributed by atoms with Crippen molar-refractivity contribution >= 4 is 5.91 Å². The van der Waals surface area contributed by atoms with E-state index in [1.165, 1.54) is 12.1 Å². The van der Waals surface area contributed by atoms with Crippen molar-refractivity contribution in [3.63, 3.8) is 0 Å². The van der Waals surface area contributed by atoms with Gasteiger partial charge in [-0.2, -0.15) is 0 Å². The van der Waals surface area contributed by atoms with E-state index in [0.29, 0.717) is 17.2 Å². The van der Waals surface area contributed by atoms with Gasteiger partial charge in [-0.05, 0) is 43.9 Å². The number of carbonyl (C=O) groups is 1. The molecule has 1 fully saturated rings. The first kappa shape index (κ1) is 14.3. The van der Waals surface area contributed by atoms with Gasteiger partial charge in [0.05, 0.1) is 5.69 Å². The molecule has 0 saturated heterocycles. The molecular weight excluding hydrogens is 282 g/mol. The van der Waals surface area contributed by atoms with Gasteiger partial charge in [-0.3, -0.25) is 19.5 Å². The molecule has 6 nitrogen and oxygen atoms in total. The normalized spacial score (nSPS) is 15.3. The molecule has 1 amide bonds. The highest BCUT2D eigenvalue weighted by Crippen LogP contribution is 2.32. The zero-order valence-corrected chi connectivity index (χ0v) is 12.2. The van der Waals surface area contributed by atoms with Crippen LogP contribution in [0.3, 0.4) is 0 Å². The summed E-state index contributed by atoms with van der Waals surface area (Å²) in [7, 11) is 0. The monoisotopic (exact) mass is 299 g/mol. The second-order valence-electron chi connectivity index (χ2n) is 5.63. The summed E-state index contributed by atoms with van der Waals surface area (Å²) in [5.41, 5.74) is 0.177. The van der Waals surface area contributed by atoms with E-state index in [2.05, 4.69) is 10.4 Å². The molecule has 0 radical (unpaired) electrons. The number of hydrogen-bond donors (Lipinski definition) is 2. The number of H-pyrrole nitrogens is 1. The van der Waals surface area contributed by atoms with Crippen molar-refractivity contribution < 1.29 is 4.79 Å². The maximum Gasteiger partial charge on any atom is 0.269 e. The van der Waals surface area contributed by atoms with Gasteiger partial charge in [0.2, 0.25) is 0 Å². The standard InChI is InChI=1S/C16H17N3O3/c1-10(11-5-6-11)17-16(22)12-3-2-4-13(9-12)19-15(21)8-7-14(20)18-19/h2-4,7-11H,5-6H2,1H3,(H,17,22)(H,18,20)/t10-/m0/s1. The quantitative estimate of drug-likeness (QED) is 0.885. The van der Waals surface area contributed by atoms with Gasteiger partial charge >= 0.3 is 0 Å². The maximum absolute atomic E-state index is 12.3. The van der Waals surface area contributed by atoms with Crippen molar-refractivity contribution in [2.45, 2.75) is 25.8 Å². The van der Waals surface area contributed by atoms with Gasteiger partial charge in [0.25, 0.3) is 17.0 Å². The third kappa shape index (κ3) is 3.00. The predicted molar refractivity (Wildman–Crippen MR) is 82.3 cm³/mol. The van der Waals surface area contributed by atoms with Crippen molar-refractivity contribution in [3.05, 3.63) is 62.7 Å². The van der Waals surface area contributed by atoms with Crippen molar-refractivity contribution in [3.8, 4) is 5.69 Å². The second kappa shape index (κ2) is 5.63. The molecule has 3 rings (SSSR count). The average molecular weight is 299 g/mol. The van der Waals surface area contributed by atoms with Crippen LogP contribution < -0.4 is 16.4 Å². The molecule has 22 heavy (non-hydrogen) atoms. The molecule has 1 saturated carbocycles. The van der Waals surface area contributed by atoms with Crippen molar-refractivity contribution in [1.29, 1.82) is 0 Å². The third-order valence-electron chi connectivity index (χ3n) is 3.87. The number of nitrogens with one attached hydrogen (secondary N) is 2. The first-order valence-electron chi connectivity index (χ1n) is 7.28. The summed E-state index contributed by atoms with van der Waals surface area (Å²) in [6.45, 7) is 2.00. The van der Waals surface area contributed by atoms with Gasteiger partial charge in [0.15, 0.2) is 0 Å². The molecule has 0 unspecified atom stereocenters. The van der Waals surface area contributed by atoms with Gasteiger partial charge in [0, 0.05) is 23.7 Å². The van der Waals surface area contributed by atoms with E-state index in [1.807, 2.05) is 6.92 Å². The van der Waals surface area contributed by atoms with E-state index in [0.717, 1.165) is 17.5 Å². The van der Waals surface area contributed by atoms with Crippen molar-refractivity contribution in [2.75, 3.05) is 0 Å². The lowest BCUT2D eigenvalue weighted by molar-refractivity contribution is 0.0936. The minimum absolute atomic E-state index is 0.149. The Morgan fingerprint density at radius 2 is 2.05 bits per heavy atom. The minimum Gasteiger partial charge on any atom is -0.349 e. The van der Waals surface area contributed by atoms with Gasteiger partial charge in [-0.1, -0.05) is 6.07 Å². The summed E-state index contributed by atoms with van der Waals surface area (Å²) >= 11 is 0. The van der Waals surface area contributed by atoms with Crippen LogP contribution in [0.4, 0.5) is 0 Å². The molecule has 2 aromatic rings. The molecule has 1 atom stereocenters. The largest absolute Gasteiger partial charge is 0.349 e. The number of carbonyl (C=O) groups excluding carboxylic acids is 1. The van der Waals surface area contributed by atoms with Crippen LogP contribution in [0, 0.1) is 5.92 Å². The Morgan fingerprint density at radius 3 is 2.77 bits per heavy atom. The molecule has 1 aliphatic carbocycles. The number of rotatable bonds is 4. The lowest BCUT2D eigenvalue weighted by Crippen LogP contribution is -2.34. The van der Waals surface area contributed by atoms with Crippen molar-refractivity contribution in [2.24, 2.45) is 5.92 Å². The zero-order chi connectivity index (χ0) is 15.7. The smallest absolute Gasteiger partial charge is 0.269 e. The van der Waals surface area contributed by atoms with Crippen LogP contribution in [0.15, 0.2) is 46.0 Å². The van der Waals surface area contributed by atoms with Gasteiger partial charge in [0.1, 0.15) is 0 Å². The minimum atomic E-state index is -0.378. The molecule has 0 aliphatic heterocycles. The summed E-state index contributed by atoms with van der Waals surface area (Å²) in [5, 5.41) is 5.41. The van der Waals surface area contributed by atoms with Crippen LogP contribution in [0.25, 0.3) is 5.69 Å². The molecular formula is C16H17N3O3. The number of benzene rings is 1. The average Bonchev–Trinajstić information content (AvgIpc) is 3.34. The Bertz CT molecular complexity index is 818. The number of hydrogen-bond acceptors (Lipinski definition) is 3. The molecule has 1 heterocycles. The Kier molecular flexibility index (Phi) is 3.66. The van der Waals surface area contributed by atoms with Crippen LogP contribution in [-0.4, -0.2) is 21.7 Å². The molecule has 6 heteroatoms. The summed E-state index contributed by atoms with van der Waals surface area (Å²) in [4.78, 5) is 35.4. The Morgan fingerprint density at radius 1 is 1.27 bits per heavy atom. The van der Waals surface area contributed by atoms with E-state index in [9.17, 15) is 14.4 Å². The first-order valence-corrected chi connectivity index (χ1v) is 7.28. The third-order valence-corrected chi connectivity index (χ3v) is 3.87. The van der Waals surface area contributed by atoms with Crippen LogP contribution in [0.1, 0.15) is 30.1 Å². The molecule has 0 spiro atoms. The Labute approximate surface area is 126 Å². The highest BCUT2D eigenvalue weighted by molar-refractivity contribution is 5.94. The van der Waals surface area contributed by atoms with E-state index in [1.54, 1.807) is 24.3 Å². The number of nitrogens with zero attached hydrogens (tertiary/aromatic N) is 1. The molecule has 1 aromatic heterocycles. The van der Waals surface area contributed by atoms with E-state index >= 15 is 0 Å². The lowest BCUT2D eigenvalue weighted by Gasteiger charge is -2.13. The number of aromatic nitrogens is 2. The highest BCUT2D eigenvalue weighted by Gasteiger charge is 2.29. The molecule has 114 valence electrons. The fraction of sp³-hybridized carbons (Fsp3) is 0.312. The highest BCUT2D eigenvalue weighted by atomic mass is 16.2. The predicted octanol–water partition coefficient (Wildman–Crippen LogP) is 1.05. The van der Waals surface area contributed by atoms with Crippen LogP contribution in [-0.2, 0) is 0 Å². The number of amides is 1. The maximum atomic E-state index is 12.3. The van der Waals surface area contributed by atoms with Crippen LogP contribution in [0.5, 0.6) is 0 Å². The Balaban J connectivity index is 1.88. The lowest BCUT2D eigenvalue weighted by atomic mass is 10.1. The SMILES string of the molecule is C[C@H](NC(=O)c1cccc(-n2[nH]c(=O)ccc2=O)c1)C1CC1. The van der Waals surface area contributed by atoms with Crippen LogP contribution >= 0.6 is 0 Å². The second-order valence-corrected chi connectivity index (χ2v) is 5.63. The molecule has 0 bridgehead atoms. The van der Waals surface area contributed by atoms with Gasteiger partial charge in [-0.25, -0.2) is 4.68 Å². The fourth-order valence-electron chi connectivity index (χ4n) is 2.41. The zero-order valence-electron chi connectivity index (χ0n) is 12.2. The van der Waals surface area contributed by atoms with Gasteiger partial charge in [-0.15, -0.1) is 0 Å². The van der Waals surface area contributed by atoms with Gasteiger partial charge < -0.3 is 5.32 Å². The topological polar surface area (TPSA) is 84.0 Å².